The highest BCUT2D eigenvalue weighted by Gasteiger charge is 2.30. The van der Waals surface area contributed by atoms with E-state index in [0.29, 0.717) is 18.0 Å². The van der Waals surface area contributed by atoms with Gasteiger partial charge in [0.05, 0.1) is 5.56 Å². The van der Waals surface area contributed by atoms with Crippen LogP contribution >= 0.6 is 11.3 Å². The molecule has 0 saturated heterocycles. The van der Waals surface area contributed by atoms with E-state index in [-0.39, 0.29) is 18.1 Å². The molecule has 2 aliphatic rings. The number of carbonyl (C=O) groups excluding carboxylic acids is 1. The van der Waals surface area contributed by atoms with Crippen molar-refractivity contribution in [1.29, 1.82) is 0 Å². The van der Waals surface area contributed by atoms with Gasteiger partial charge in [-0.15, -0.1) is 11.3 Å². The predicted molar refractivity (Wildman–Crippen MR) is 120 cm³/mol. The predicted octanol–water partition coefficient (Wildman–Crippen LogP) is 4.84. The summed E-state index contributed by atoms with van der Waals surface area (Å²) in [6.07, 6.45) is 0.926. The number of nitrogens with one attached hydrogen (secondary N) is 2. The zero-order chi connectivity index (χ0) is 21.4. The molecule has 2 aromatic carbocycles. The van der Waals surface area contributed by atoms with Crippen LogP contribution in [0.1, 0.15) is 44.3 Å². The molecule has 0 bridgehead atoms. The molecule has 0 atom stereocenters. The smallest absolute Gasteiger partial charge is 0.412 e. The molecule has 2 heterocycles. The average Bonchev–Trinajstić information content (AvgIpc) is 3.18. The molecule has 0 spiro atoms. The molecule has 3 N–H and O–H groups in total. The lowest BCUT2D eigenvalue weighted by Crippen LogP contribution is -2.18. The van der Waals surface area contributed by atoms with Crippen molar-refractivity contribution in [2.45, 2.75) is 25.3 Å². The highest BCUT2D eigenvalue weighted by molar-refractivity contribution is 7.17. The summed E-state index contributed by atoms with van der Waals surface area (Å²) in [6, 6.07) is 16.3. The van der Waals surface area contributed by atoms with Crippen LogP contribution in [0.2, 0.25) is 0 Å². The van der Waals surface area contributed by atoms with E-state index in [1.54, 1.807) is 0 Å². The number of carboxylic acids is 1. The van der Waals surface area contributed by atoms with E-state index in [9.17, 15) is 14.7 Å². The zero-order valence-electron chi connectivity index (χ0n) is 16.8. The standard InChI is InChI=1S/C24H22N2O4S/c27-23(28)21-18-10-5-11-25-12-20(18)31-22(21)26-24(29)30-13-19-16-8-3-1-6-14(16)15-7-2-4-9-17(15)19/h1-4,6-9,19,25H,5,10-13H2,(H,26,29)(H,27,28). The maximum atomic E-state index is 12.6. The van der Waals surface area contributed by atoms with Gasteiger partial charge in [-0.2, -0.15) is 0 Å². The van der Waals surface area contributed by atoms with Crippen LogP contribution in [0.15, 0.2) is 48.5 Å². The van der Waals surface area contributed by atoms with Gasteiger partial charge in [0.2, 0.25) is 0 Å². The lowest BCUT2D eigenvalue weighted by Gasteiger charge is -2.14. The van der Waals surface area contributed by atoms with Crippen molar-refractivity contribution in [1.82, 2.24) is 5.32 Å². The number of fused-ring (bicyclic) bond motifs is 4. The van der Waals surface area contributed by atoms with Crippen LogP contribution in [0.5, 0.6) is 0 Å². The summed E-state index contributed by atoms with van der Waals surface area (Å²) < 4.78 is 5.58. The Morgan fingerprint density at radius 2 is 1.77 bits per heavy atom. The van der Waals surface area contributed by atoms with Gasteiger partial charge in [-0.05, 0) is 47.2 Å². The van der Waals surface area contributed by atoms with Crippen molar-refractivity contribution < 1.29 is 19.4 Å². The first-order valence-corrected chi connectivity index (χ1v) is 11.2. The van der Waals surface area contributed by atoms with Crippen LogP contribution in [-0.4, -0.2) is 30.3 Å². The summed E-state index contributed by atoms with van der Waals surface area (Å²) in [5, 5.41) is 16.1. The summed E-state index contributed by atoms with van der Waals surface area (Å²) >= 11 is 1.31. The van der Waals surface area contributed by atoms with Crippen LogP contribution in [0.4, 0.5) is 9.80 Å². The maximum absolute atomic E-state index is 12.6. The Morgan fingerprint density at radius 1 is 1.10 bits per heavy atom. The average molecular weight is 435 g/mol. The van der Waals surface area contributed by atoms with Gasteiger partial charge in [0.25, 0.3) is 0 Å². The molecular formula is C24H22N2O4S. The number of rotatable bonds is 4. The van der Waals surface area contributed by atoms with Gasteiger partial charge >= 0.3 is 12.1 Å². The monoisotopic (exact) mass is 434 g/mol. The first kappa shape index (κ1) is 19.8. The van der Waals surface area contributed by atoms with Crippen molar-refractivity contribution in [2.24, 2.45) is 0 Å². The molecule has 7 heteroatoms. The quantitative estimate of drug-likeness (QED) is 0.547. The molecule has 1 amide bonds. The van der Waals surface area contributed by atoms with Crippen molar-refractivity contribution in [3.63, 3.8) is 0 Å². The SMILES string of the molecule is O=C(Nc1sc2c(c1C(=O)O)CCCNC2)OCC1c2ccccc2-c2ccccc21. The van der Waals surface area contributed by atoms with Gasteiger partial charge in [-0.25, -0.2) is 9.59 Å². The minimum Gasteiger partial charge on any atom is -0.478 e. The summed E-state index contributed by atoms with van der Waals surface area (Å²) in [5.74, 6) is -1.06. The molecule has 31 heavy (non-hydrogen) atoms. The number of ether oxygens (including phenoxy) is 1. The number of anilines is 1. The van der Waals surface area contributed by atoms with Gasteiger partial charge in [0.15, 0.2) is 0 Å². The van der Waals surface area contributed by atoms with Crippen LogP contribution in [0.25, 0.3) is 11.1 Å². The second-order valence-corrected chi connectivity index (χ2v) is 8.85. The molecule has 0 fully saturated rings. The van der Waals surface area contributed by atoms with E-state index >= 15 is 0 Å². The molecule has 1 aliphatic heterocycles. The molecule has 6 nitrogen and oxygen atoms in total. The number of thiophene rings is 1. The molecule has 158 valence electrons. The molecule has 1 aliphatic carbocycles. The summed E-state index contributed by atoms with van der Waals surface area (Å²) in [4.78, 5) is 25.5. The van der Waals surface area contributed by atoms with Gasteiger partial charge < -0.3 is 15.2 Å². The van der Waals surface area contributed by atoms with E-state index in [2.05, 4.69) is 34.9 Å². The molecular weight excluding hydrogens is 412 g/mol. The normalized spacial score (nSPS) is 14.8. The number of hydrogen-bond acceptors (Lipinski definition) is 5. The summed E-state index contributed by atoms with van der Waals surface area (Å²) in [7, 11) is 0. The third-order valence-electron chi connectivity index (χ3n) is 5.93. The zero-order valence-corrected chi connectivity index (χ0v) is 17.6. The van der Waals surface area contributed by atoms with Gasteiger partial charge in [0.1, 0.15) is 11.6 Å². The largest absolute Gasteiger partial charge is 0.478 e. The Hall–Kier alpha value is -3.16. The van der Waals surface area contributed by atoms with Gasteiger partial charge in [-0.3, -0.25) is 5.32 Å². The maximum Gasteiger partial charge on any atom is 0.412 e. The van der Waals surface area contributed by atoms with Crippen molar-refractivity contribution in [3.8, 4) is 11.1 Å². The van der Waals surface area contributed by atoms with Gasteiger partial charge in [-0.1, -0.05) is 48.5 Å². The Labute approximate surface area is 183 Å². The lowest BCUT2D eigenvalue weighted by molar-refractivity contribution is 0.0697. The van der Waals surface area contributed by atoms with Gasteiger partial charge in [0, 0.05) is 17.3 Å². The number of benzene rings is 2. The fraction of sp³-hybridized carbons (Fsp3) is 0.250. The van der Waals surface area contributed by atoms with E-state index in [4.69, 9.17) is 4.74 Å². The Morgan fingerprint density at radius 3 is 2.45 bits per heavy atom. The molecule has 0 unspecified atom stereocenters. The first-order chi connectivity index (χ1) is 15.1. The van der Waals surface area contributed by atoms with Crippen LogP contribution < -0.4 is 10.6 Å². The van der Waals surface area contributed by atoms with Crippen molar-refractivity contribution in [2.75, 3.05) is 18.5 Å². The molecule has 0 radical (unpaired) electrons. The second kappa shape index (κ2) is 8.17. The number of hydrogen-bond donors (Lipinski definition) is 3. The number of carboxylic acid groups (broad SMARTS) is 1. The van der Waals surface area contributed by atoms with Crippen LogP contribution in [-0.2, 0) is 17.7 Å². The fourth-order valence-electron chi connectivity index (χ4n) is 4.55. The Bertz CT molecular complexity index is 1120. The second-order valence-electron chi connectivity index (χ2n) is 7.74. The Kier molecular flexibility index (Phi) is 5.21. The van der Waals surface area contributed by atoms with Crippen molar-refractivity contribution >= 4 is 28.4 Å². The van der Waals surface area contributed by atoms with Crippen molar-refractivity contribution in [3.05, 3.63) is 75.7 Å². The fourth-order valence-corrected chi connectivity index (χ4v) is 5.75. The van der Waals surface area contributed by atoms with Crippen LogP contribution in [0.3, 0.4) is 0 Å². The highest BCUT2D eigenvalue weighted by atomic mass is 32.1. The Balaban J connectivity index is 1.34. The van der Waals surface area contributed by atoms with E-state index in [1.807, 2.05) is 24.3 Å². The minimum absolute atomic E-state index is 0.0404. The van der Waals surface area contributed by atoms with E-state index < -0.39 is 12.1 Å². The first-order valence-electron chi connectivity index (χ1n) is 10.3. The minimum atomic E-state index is -1.02. The number of carbonyl (C=O) groups is 2. The summed E-state index contributed by atoms with van der Waals surface area (Å²) in [5.41, 5.74) is 5.60. The topological polar surface area (TPSA) is 87.7 Å². The molecule has 5 rings (SSSR count). The van der Waals surface area contributed by atoms with E-state index in [0.717, 1.165) is 45.7 Å². The lowest BCUT2D eigenvalue weighted by atomic mass is 9.98. The number of aromatic carboxylic acids is 1. The third-order valence-corrected chi connectivity index (χ3v) is 7.08. The van der Waals surface area contributed by atoms with Crippen LogP contribution in [0, 0.1) is 0 Å². The summed E-state index contributed by atoms with van der Waals surface area (Å²) in [6.45, 7) is 1.66. The number of amides is 1. The third kappa shape index (κ3) is 3.60. The molecule has 0 saturated carbocycles. The van der Waals surface area contributed by atoms with E-state index in [1.165, 1.54) is 11.3 Å². The molecule has 3 aromatic rings. The highest BCUT2D eigenvalue weighted by Crippen LogP contribution is 2.44. The molecule has 1 aromatic heterocycles.